The molecule has 0 atom stereocenters. The first-order valence-corrected chi connectivity index (χ1v) is 17.3. The van der Waals surface area contributed by atoms with E-state index < -0.39 is 18.4 Å². The van der Waals surface area contributed by atoms with Gasteiger partial charge in [0.2, 0.25) is 0 Å². The number of nitrogens with zero attached hydrogens (tertiary/aromatic N) is 2. The molecule has 0 spiro atoms. The molecule has 0 aliphatic carbocycles. The number of unbranched alkanes of at least 4 members (excludes halogenated alkanes) is 3. The van der Waals surface area contributed by atoms with Gasteiger partial charge in [-0.3, -0.25) is 0 Å². The van der Waals surface area contributed by atoms with Crippen molar-refractivity contribution < 1.29 is 0 Å². The molecular formula is C17H32N2SSn. The van der Waals surface area contributed by atoms with Crippen LogP contribution in [0, 0.1) is 0 Å². The first-order valence-electron chi connectivity index (χ1n) is 8.59. The second kappa shape index (κ2) is 10.9. The fourth-order valence-corrected chi connectivity index (χ4v) is 19.1. The fourth-order valence-electron chi connectivity index (χ4n) is 3.05. The molecule has 0 saturated heterocycles. The van der Waals surface area contributed by atoms with Crippen LogP contribution in [0.3, 0.4) is 0 Å². The monoisotopic (exact) mass is 416 g/mol. The van der Waals surface area contributed by atoms with Crippen LogP contribution < -0.4 is 3.71 Å². The molecule has 0 aromatic carbocycles. The standard InChI is InChI=1S/C5H5N2S.3C4H9.Sn/c1-8-5-2-3-6-4-7-5;3*1-3-4-2;/h2,4H,1H3;3*1,3-4H2,2H3;. The summed E-state index contributed by atoms with van der Waals surface area (Å²) in [5.41, 5.74) is 0. The van der Waals surface area contributed by atoms with Crippen LogP contribution in [0.1, 0.15) is 59.3 Å². The summed E-state index contributed by atoms with van der Waals surface area (Å²) in [5.74, 6) is 0. The summed E-state index contributed by atoms with van der Waals surface area (Å²) in [6.45, 7) is 6.97. The number of hydrogen-bond acceptors (Lipinski definition) is 3. The second-order valence-corrected chi connectivity index (χ2v) is 19.9. The Hall–Kier alpha value is 0.229. The van der Waals surface area contributed by atoms with Gasteiger partial charge in [0, 0.05) is 0 Å². The quantitative estimate of drug-likeness (QED) is 0.280. The Morgan fingerprint density at radius 1 is 0.905 bits per heavy atom. The van der Waals surface area contributed by atoms with E-state index in [0.29, 0.717) is 0 Å². The molecule has 0 saturated carbocycles. The Morgan fingerprint density at radius 2 is 1.43 bits per heavy atom. The van der Waals surface area contributed by atoms with Crippen molar-refractivity contribution in [2.24, 2.45) is 0 Å². The molecule has 0 fully saturated rings. The van der Waals surface area contributed by atoms with Crippen LogP contribution in [0.2, 0.25) is 13.3 Å². The predicted octanol–water partition coefficient (Wildman–Crippen LogP) is 5.25. The first kappa shape index (κ1) is 19.3. The van der Waals surface area contributed by atoms with E-state index in [4.69, 9.17) is 4.98 Å². The summed E-state index contributed by atoms with van der Waals surface area (Å²) in [6, 6.07) is 2.34. The van der Waals surface area contributed by atoms with Gasteiger partial charge in [-0.05, 0) is 0 Å². The van der Waals surface area contributed by atoms with Gasteiger partial charge in [0.1, 0.15) is 0 Å². The third kappa shape index (κ3) is 6.09. The summed E-state index contributed by atoms with van der Waals surface area (Å²) in [4.78, 5) is 9.19. The van der Waals surface area contributed by atoms with Crippen molar-refractivity contribution in [3.05, 3.63) is 12.4 Å². The Kier molecular flexibility index (Phi) is 9.98. The number of rotatable bonds is 11. The molecule has 0 aliphatic rings. The van der Waals surface area contributed by atoms with E-state index in [1.807, 2.05) is 6.33 Å². The minimum absolute atomic E-state index is 1.16. The van der Waals surface area contributed by atoms with Gasteiger partial charge in [0.25, 0.3) is 0 Å². The average Bonchev–Trinajstić information content (AvgIpc) is 2.54. The Balaban J connectivity index is 3.09. The zero-order chi connectivity index (χ0) is 15.6. The van der Waals surface area contributed by atoms with Crippen LogP contribution in [-0.4, -0.2) is 34.6 Å². The fraction of sp³-hybridized carbons (Fsp3) is 0.765. The molecule has 2 nitrogen and oxygen atoms in total. The first-order chi connectivity index (χ1) is 10.2. The van der Waals surface area contributed by atoms with Crippen molar-refractivity contribution in [3.8, 4) is 0 Å². The zero-order valence-corrected chi connectivity index (χ0v) is 18.0. The van der Waals surface area contributed by atoms with Gasteiger partial charge in [-0.15, -0.1) is 0 Å². The molecule has 0 radical (unpaired) electrons. The molecule has 1 rings (SSSR count). The van der Waals surface area contributed by atoms with E-state index in [1.165, 1.54) is 55.5 Å². The summed E-state index contributed by atoms with van der Waals surface area (Å²) >= 11 is -0.574. The molecule has 0 amide bonds. The Bertz CT molecular complexity index is 376. The minimum atomic E-state index is -2.33. The SMILES string of the molecule is CCC[CH2][Sn]([CH2]CCC)([CH2]CCC)[c]1cc(SC)ncn1. The Labute approximate surface area is 139 Å². The molecule has 0 unspecified atom stereocenters. The van der Waals surface area contributed by atoms with Crippen molar-refractivity contribution in [2.75, 3.05) is 6.26 Å². The van der Waals surface area contributed by atoms with E-state index in [0.717, 1.165) is 5.03 Å². The normalized spacial score (nSPS) is 11.8. The van der Waals surface area contributed by atoms with E-state index in [-0.39, 0.29) is 0 Å². The van der Waals surface area contributed by atoms with Crippen LogP contribution in [0.25, 0.3) is 0 Å². The van der Waals surface area contributed by atoms with Crippen molar-refractivity contribution in [2.45, 2.75) is 77.6 Å². The number of thioether (sulfide) groups is 1. The van der Waals surface area contributed by atoms with Gasteiger partial charge in [0.05, 0.1) is 0 Å². The average molecular weight is 415 g/mol. The van der Waals surface area contributed by atoms with Crippen molar-refractivity contribution in [1.82, 2.24) is 9.97 Å². The van der Waals surface area contributed by atoms with Crippen LogP contribution in [0.15, 0.2) is 17.4 Å². The molecule has 0 N–H and O–H groups in total. The third-order valence-electron chi connectivity index (χ3n) is 4.42. The van der Waals surface area contributed by atoms with Crippen LogP contribution in [0.5, 0.6) is 0 Å². The van der Waals surface area contributed by atoms with E-state index in [9.17, 15) is 0 Å². The number of hydrogen-bond donors (Lipinski definition) is 0. The molecule has 120 valence electrons. The van der Waals surface area contributed by atoms with E-state index in [1.54, 1.807) is 11.8 Å². The second-order valence-electron chi connectivity index (χ2n) is 6.04. The summed E-state index contributed by atoms with van der Waals surface area (Å²) in [7, 11) is 0. The molecule has 1 aromatic rings. The maximum atomic E-state index is 4.79. The molecule has 1 heterocycles. The zero-order valence-electron chi connectivity index (χ0n) is 14.3. The van der Waals surface area contributed by atoms with Gasteiger partial charge in [0.15, 0.2) is 0 Å². The van der Waals surface area contributed by atoms with Crippen LogP contribution in [0.4, 0.5) is 0 Å². The summed E-state index contributed by atoms with van der Waals surface area (Å²) in [6.07, 6.45) is 12.1. The molecular weight excluding hydrogens is 383 g/mol. The third-order valence-corrected chi connectivity index (χ3v) is 20.2. The van der Waals surface area contributed by atoms with Crippen LogP contribution >= 0.6 is 11.8 Å². The van der Waals surface area contributed by atoms with Crippen molar-refractivity contribution >= 4 is 33.8 Å². The van der Waals surface area contributed by atoms with Crippen LogP contribution in [-0.2, 0) is 0 Å². The predicted molar refractivity (Wildman–Crippen MR) is 98.3 cm³/mol. The van der Waals surface area contributed by atoms with E-state index >= 15 is 0 Å². The summed E-state index contributed by atoms with van der Waals surface area (Å²) in [5, 5.41) is 1.16. The maximum absolute atomic E-state index is 4.79. The summed E-state index contributed by atoms with van der Waals surface area (Å²) < 4.78 is 5.95. The van der Waals surface area contributed by atoms with Crippen molar-refractivity contribution in [3.63, 3.8) is 0 Å². The van der Waals surface area contributed by atoms with Gasteiger partial charge >= 0.3 is 140 Å². The Morgan fingerprint density at radius 3 is 1.86 bits per heavy atom. The molecule has 0 aliphatic heterocycles. The van der Waals surface area contributed by atoms with Gasteiger partial charge in [-0.25, -0.2) is 0 Å². The van der Waals surface area contributed by atoms with Crippen molar-refractivity contribution in [1.29, 1.82) is 0 Å². The molecule has 21 heavy (non-hydrogen) atoms. The number of aromatic nitrogens is 2. The molecule has 1 aromatic heterocycles. The molecule has 4 heteroatoms. The molecule has 0 bridgehead atoms. The topological polar surface area (TPSA) is 25.8 Å². The van der Waals surface area contributed by atoms with E-state index in [2.05, 4.69) is 38.1 Å². The van der Waals surface area contributed by atoms with Gasteiger partial charge in [-0.2, -0.15) is 0 Å². The van der Waals surface area contributed by atoms with Gasteiger partial charge < -0.3 is 0 Å². The van der Waals surface area contributed by atoms with Gasteiger partial charge in [-0.1, -0.05) is 0 Å².